The molecule has 2 atom stereocenters. The zero-order valence-electron chi connectivity index (χ0n) is 27.3. The van der Waals surface area contributed by atoms with Crippen LogP contribution in [0.4, 0.5) is 0 Å². The van der Waals surface area contributed by atoms with Crippen molar-refractivity contribution in [2.75, 3.05) is 0 Å². The Bertz CT molecular complexity index is 3000. The fraction of sp³-hybridized carbons (Fsp3) is 0.0444. The third-order valence-electron chi connectivity index (χ3n) is 10.2. The monoisotopic (exact) mass is 659 g/mol. The lowest BCUT2D eigenvalue weighted by Gasteiger charge is -2.32. The van der Waals surface area contributed by atoms with Gasteiger partial charge in [-0.1, -0.05) is 103 Å². The lowest BCUT2D eigenvalue weighted by Crippen LogP contribution is -2.45. The molecule has 0 fully saturated rings. The van der Waals surface area contributed by atoms with E-state index < -0.39 is 0 Å². The van der Waals surface area contributed by atoms with Crippen LogP contribution in [0.15, 0.2) is 170 Å². The Balaban J connectivity index is 1.04. The fourth-order valence-corrected chi connectivity index (χ4v) is 7.77. The molecule has 2 N–H and O–H groups in total. The van der Waals surface area contributed by atoms with Gasteiger partial charge >= 0.3 is 0 Å². The molecule has 51 heavy (non-hydrogen) atoms. The highest BCUT2D eigenvalue weighted by atomic mass is 16.3. The highest BCUT2D eigenvalue weighted by molar-refractivity contribution is 6.16. The molecule has 0 radical (unpaired) electrons. The van der Waals surface area contributed by atoms with Crippen LogP contribution in [-0.2, 0) is 0 Å². The van der Waals surface area contributed by atoms with Crippen LogP contribution in [0.25, 0.3) is 76.9 Å². The molecule has 11 rings (SSSR count). The van der Waals surface area contributed by atoms with Gasteiger partial charge in [-0.3, -0.25) is 5.32 Å². The number of aliphatic imine (C=N–C) groups is 1. The summed E-state index contributed by atoms with van der Waals surface area (Å²) in [5, 5.41) is 14.0. The topological polar surface area (TPSA) is 75.8 Å². The van der Waals surface area contributed by atoms with Gasteiger partial charge < -0.3 is 18.6 Å². The molecule has 0 spiro atoms. The molecule has 7 aromatic carbocycles. The summed E-state index contributed by atoms with van der Waals surface area (Å²) in [6, 6.07) is 52.1. The lowest BCUT2D eigenvalue weighted by atomic mass is 10.0. The van der Waals surface area contributed by atoms with Gasteiger partial charge in [0.1, 0.15) is 51.7 Å². The molecule has 242 valence electrons. The van der Waals surface area contributed by atoms with E-state index in [1.165, 1.54) is 0 Å². The van der Waals surface area contributed by atoms with Crippen molar-refractivity contribution in [3.63, 3.8) is 0 Å². The minimum atomic E-state index is -0.291. The van der Waals surface area contributed by atoms with Crippen LogP contribution >= 0.6 is 0 Å². The van der Waals surface area contributed by atoms with Crippen LogP contribution in [0.1, 0.15) is 29.0 Å². The van der Waals surface area contributed by atoms with Crippen LogP contribution in [0.2, 0.25) is 0 Å². The highest BCUT2D eigenvalue weighted by Gasteiger charge is 2.29. The number of hydrogen-bond donors (Lipinski definition) is 2. The molecule has 0 bridgehead atoms. The first kappa shape index (κ1) is 28.2. The molecule has 0 saturated carbocycles. The molecule has 0 saturated heterocycles. The minimum Gasteiger partial charge on any atom is -0.456 e. The lowest BCUT2D eigenvalue weighted by molar-refractivity contribution is 0.411. The number of benzene rings is 7. The summed E-state index contributed by atoms with van der Waals surface area (Å²) in [7, 11) is 0. The van der Waals surface area contributed by atoms with Crippen molar-refractivity contribution in [2.24, 2.45) is 4.99 Å². The van der Waals surface area contributed by atoms with Gasteiger partial charge in [0.15, 0.2) is 0 Å². The first-order chi connectivity index (χ1) is 25.2. The Labute approximate surface area is 291 Å². The molecule has 0 aliphatic carbocycles. The predicted molar refractivity (Wildman–Crippen MR) is 205 cm³/mol. The van der Waals surface area contributed by atoms with Crippen molar-refractivity contribution in [3.05, 3.63) is 168 Å². The molecule has 2 unspecified atom stereocenters. The summed E-state index contributed by atoms with van der Waals surface area (Å²) in [5.74, 6) is 0.763. The van der Waals surface area contributed by atoms with Crippen LogP contribution in [0, 0.1) is 0 Å². The number of fused-ring (bicyclic) bond motifs is 9. The number of hydrogen-bond acceptors (Lipinski definition) is 6. The maximum absolute atomic E-state index is 6.76. The molecular formula is C45H29N3O3. The maximum atomic E-state index is 6.76. The predicted octanol–water partition coefficient (Wildman–Crippen LogP) is 11.4. The van der Waals surface area contributed by atoms with Crippen molar-refractivity contribution < 1.29 is 13.3 Å². The van der Waals surface area contributed by atoms with Crippen molar-refractivity contribution in [2.45, 2.75) is 12.3 Å². The number of amidine groups is 1. The SMILES string of the molecule is c1ccc(C2N=C(c3cccc4c3oc3cc(-c5ccc6oc7ccccc7c6c5)ccc34)NC(c3cccc4oc5ccccc5c34)N2)cc1. The molecule has 1 aliphatic heterocycles. The average Bonchev–Trinajstić information content (AvgIpc) is 3.88. The number of nitrogens with zero attached hydrogens (tertiary/aromatic N) is 1. The molecule has 4 heterocycles. The molecule has 3 aromatic heterocycles. The highest BCUT2D eigenvalue weighted by Crippen LogP contribution is 2.39. The van der Waals surface area contributed by atoms with E-state index in [9.17, 15) is 0 Å². The van der Waals surface area contributed by atoms with E-state index in [1.807, 2.05) is 42.5 Å². The average molecular weight is 660 g/mol. The van der Waals surface area contributed by atoms with E-state index in [1.54, 1.807) is 0 Å². The molecule has 10 aromatic rings. The van der Waals surface area contributed by atoms with Gasteiger partial charge in [0.2, 0.25) is 0 Å². The quantitative estimate of drug-likeness (QED) is 0.197. The molecule has 6 heteroatoms. The van der Waals surface area contributed by atoms with Crippen LogP contribution < -0.4 is 10.6 Å². The third-order valence-corrected chi connectivity index (χ3v) is 10.2. The Morgan fingerprint density at radius 1 is 0.471 bits per heavy atom. The van der Waals surface area contributed by atoms with E-state index >= 15 is 0 Å². The third kappa shape index (κ3) is 4.43. The second kappa shape index (κ2) is 10.9. The smallest absolute Gasteiger partial charge is 0.146 e. The zero-order valence-corrected chi connectivity index (χ0v) is 27.3. The Morgan fingerprint density at radius 2 is 1.14 bits per heavy atom. The number of nitrogens with one attached hydrogen (secondary N) is 2. The van der Waals surface area contributed by atoms with Gasteiger partial charge in [0.05, 0.1) is 5.56 Å². The fourth-order valence-electron chi connectivity index (χ4n) is 7.77. The molecule has 0 amide bonds. The normalized spacial score (nSPS) is 16.4. The van der Waals surface area contributed by atoms with Crippen molar-refractivity contribution in [1.29, 1.82) is 0 Å². The summed E-state index contributed by atoms with van der Waals surface area (Å²) in [5.41, 5.74) is 10.4. The molecular weight excluding hydrogens is 631 g/mol. The summed E-state index contributed by atoms with van der Waals surface area (Å²) < 4.78 is 19.1. The van der Waals surface area contributed by atoms with E-state index in [0.29, 0.717) is 0 Å². The second-order valence-corrected chi connectivity index (χ2v) is 13.2. The van der Waals surface area contributed by atoms with E-state index in [0.717, 1.165) is 99.5 Å². The summed E-state index contributed by atoms with van der Waals surface area (Å²) >= 11 is 0. The van der Waals surface area contributed by atoms with Gasteiger partial charge in [0.25, 0.3) is 0 Å². The van der Waals surface area contributed by atoms with Crippen molar-refractivity contribution in [1.82, 2.24) is 10.6 Å². The van der Waals surface area contributed by atoms with Crippen LogP contribution in [-0.4, -0.2) is 5.84 Å². The van der Waals surface area contributed by atoms with Crippen molar-refractivity contribution >= 4 is 71.7 Å². The standard InChI is InChI=1S/C45H29N3O3/c1-2-10-26(11-3-1)43-46-44(33-15-9-19-39-41(33)32-13-5-7-18-37(32)50-39)48-45(47-43)34-16-8-14-31-30-22-20-28(25-40(30)51-42(31)34)27-21-23-38-35(24-27)29-12-4-6-17-36(29)49-38/h1-25,43-44,46H,(H,47,48). The van der Waals surface area contributed by atoms with Crippen LogP contribution in [0.5, 0.6) is 0 Å². The minimum absolute atomic E-state index is 0.257. The Hall–Kier alpha value is -6.63. The molecule has 1 aliphatic rings. The van der Waals surface area contributed by atoms with E-state index in [2.05, 4.69) is 120 Å². The number of para-hydroxylation sites is 3. The first-order valence-corrected chi connectivity index (χ1v) is 17.2. The molecule has 6 nitrogen and oxygen atoms in total. The van der Waals surface area contributed by atoms with Crippen LogP contribution in [0.3, 0.4) is 0 Å². The summed E-state index contributed by atoms with van der Waals surface area (Å²) in [6.07, 6.45) is -0.548. The first-order valence-electron chi connectivity index (χ1n) is 17.2. The van der Waals surface area contributed by atoms with E-state index in [-0.39, 0.29) is 12.3 Å². The van der Waals surface area contributed by atoms with Gasteiger partial charge in [-0.2, -0.15) is 0 Å². The van der Waals surface area contributed by atoms with Gasteiger partial charge in [0, 0.05) is 37.9 Å². The Kier molecular flexibility index (Phi) is 6.05. The second-order valence-electron chi connectivity index (χ2n) is 13.2. The van der Waals surface area contributed by atoms with Gasteiger partial charge in [-0.05, 0) is 65.2 Å². The van der Waals surface area contributed by atoms with Gasteiger partial charge in [-0.25, -0.2) is 4.99 Å². The van der Waals surface area contributed by atoms with Crippen molar-refractivity contribution in [3.8, 4) is 11.1 Å². The number of furan rings is 3. The van der Waals surface area contributed by atoms with Gasteiger partial charge in [-0.15, -0.1) is 0 Å². The summed E-state index contributed by atoms with van der Waals surface area (Å²) in [4.78, 5) is 5.26. The maximum Gasteiger partial charge on any atom is 0.146 e. The van der Waals surface area contributed by atoms with E-state index in [4.69, 9.17) is 18.2 Å². The summed E-state index contributed by atoms with van der Waals surface area (Å²) in [6.45, 7) is 0. The largest absolute Gasteiger partial charge is 0.456 e. The Morgan fingerprint density at radius 3 is 2.04 bits per heavy atom. The number of rotatable bonds is 4. The zero-order chi connectivity index (χ0) is 33.5.